The van der Waals surface area contributed by atoms with E-state index in [0.29, 0.717) is 11.1 Å². The molecule has 2 aromatic heterocycles. The minimum Gasteiger partial charge on any atom is -0.384 e. The van der Waals surface area contributed by atoms with Crippen LogP contribution >= 0.6 is 22.9 Å². The second-order valence-electron chi connectivity index (χ2n) is 9.08. The molecule has 1 saturated heterocycles. The number of benzene rings is 1. The fourth-order valence-electron chi connectivity index (χ4n) is 4.49. The van der Waals surface area contributed by atoms with Gasteiger partial charge in [-0.3, -0.25) is 9.59 Å². The summed E-state index contributed by atoms with van der Waals surface area (Å²) in [6, 6.07) is 9.88. The minimum absolute atomic E-state index is 0.0391. The molecule has 11 nitrogen and oxygen atoms in total. The zero-order valence-electron chi connectivity index (χ0n) is 20.6. The highest BCUT2D eigenvalue weighted by atomic mass is 35.5. The van der Waals surface area contributed by atoms with Crippen molar-refractivity contribution in [2.24, 2.45) is 0 Å². The van der Waals surface area contributed by atoms with Gasteiger partial charge in [0.15, 0.2) is 0 Å². The number of carbonyl (C=O) groups excluding carboxylic acids is 3. The number of pyridine rings is 1. The number of hydrogen-bond donors (Lipinski definition) is 3. The molecule has 3 aromatic rings. The number of nitrogens with zero attached hydrogens (tertiary/aromatic N) is 3. The van der Waals surface area contributed by atoms with Crippen LogP contribution in [0.15, 0.2) is 52.9 Å². The monoisotopic (exact) mass is 588 g/mol. The van der Waals surface area contributed by atoms with Crippen LogP contribution in [0.3, 0.4) is 0 Å². The second-order valence-corrected chi connectivity index (χ2v) is 12.7. The SMILES string of the molecule is O=C(Nc1ccc(N2C(=O)Cc3cc(NCCN4CCCC4)ccc3C2=O)nc1)NS(=O)(=O)c1ccc(Cl)s1. The van der Waals surface area contributed by atoms with E-state index in [2.05, 4.69) is 20.5 Å². The van der Waals surface area contributed by atoms with Crippen LogP contribution in [0.4, 0.5) is 22.0 Å². The van der Waals surface area contributed by atoms with Crippen molar-refractivity contribution >= 4 is 68.0 Å². The summed E-state index contributed by atoms with van der Waals surface area (Å²) >= 11 is 6.58. The molecule has 14 heteroatoms. The number of likely N-dealkylation sites (tertiary alicyclic amines) is 1. The maximum absolute atomic E-state index is 13.2. The van der Waals surface area contributed by atoms with Gasteiger partial charge in [-0.05, 0) is 74.0 Å². The standard InChI is InChI=1S/C25H25ClN6O5S2/c26-20-6-8-23(38-20)39(36,37)30-25(35)29-18-4-7-21(28-15-18)32-22(33)14-16-13-17(3-5-19(16)24(32)34)27-9-12-31-10-1-2-11-31/h3-8,13,15,27H,1-2,9-12,14H2,(H2,29,30,35). The van der Waals surface area contributed by atoms with E-state index in [9.17, 15) is 22.8 Å². The van der Waals surface area contributed by atoms with Crippen LogP contribution < -0.4 is 20.3 Å². The molecule has 204 valence electrons. The van der Waals surface area contributed by atoms with Gasteiger partial charge in [-0.2, -0.15) is 0 Å². The van der Waals surface area contributed by atoms with Crippen LogP contribution in [0.25, 0.3) is 0 Å². The number of nitrogens with one attached hydrogen (secondary N) is 3. The number of anilines is 3. The Kier molecular flexibility index (Phi) is 7.84. The first kappa shape index (κ1) is 27.1. The number of halogens is 1. The molecule has 0 unspecified atom stereocenters. The first-order chi connectivity index (χ1) is 18.7. The van der Waals surface area contributed by atoms with E-state index in [1.165, 1.54) is 43.3 Å². The Balaban J connectivity index is 1.21. The van der Waals surface area contributed by atoms with E-state index in [-0.39, 0.29) is 26.5 Å². The number of fused-ring (bicyclic) bond motifs is 1. The predicted molar refractivity (Wildman–Crippen MR) is 149 cm³/mol. The topological polar surface area (TPSA) is 141 Å². The Hall–Kier alpha value is -3.52. The van der Waals surface area contributed by atoms with Crippen molar-refractivity contribution in [3.8, 4) is 0 Å². The van der Waals surface area contributed by atoms with Gasteiger partial charge in [0.25, 0.3) is 15.9 Å². The molecule has 4 amide bonds. The number of aromatic nitrogens is 1. The Morgan fingerprint density at radius 3 is 2.51 bits per heavy atom. The summed E-state index contributed by atoms with van der Waals surface area (Å²) in [4.78, 5) is 45.8. The molecule has 0 spiro atoms. The average molecular weight is 589 g/mol. The smallest absolute Gasteiger partial charge is 0.333 e. The third-order valence-corrected chi connectivity index (χ3v) is 9.41. The second kappa shape index (κ2) is 11.3. The van der Waals surface area contributed by atoms with Crippen molar-refractivity contribution in [1.29, 1.82) is 0 Å². The minimum atomic E-state index is -4.09. The first-order valence-electron chi connectivity index (χ1n) is 12.2. The summed E-state index contributed by atoms with van der Waals surface area (Å²) in [6.45, 7) is 3.97. The maximum atomic E-state index is 13.2. The zero-order chi connectivity index (χ0) is 27.6. The predicted octanol–water partition coefficient (Wildman–Crippen LogP) is 3.54. The van der Waals surface area contributed by atoms with Crippen LogP contribution in [-0.2, 0) is 21.2 Å². The van der Waals surface area contributed by atoms with Gasteiger partial charge in [0.05, 0.1) is 22.6 Å². The van der Waals surface area contributed by atoms with Gasteiger partial charge in [-0.15, -0.1) is 11.3 Å². The molecule has 0 bridgehead atoms. The molecule has 39 heavy (non-hydrogen) atoms. The lowest BCUT2D eigenvalue weighted by atomic mass is 9.97. The van der Waals surface area contributed by atoms with E-state index in [4.69, 9.17) is 11.6 Å². The number of amides is 4. The van der Waals surface area contributed by atoms with E-state index in [1.807, 2.05) is 16.9 Å². The van der Waals surface area contributed by atoms with Gasteiger partial charge in [-0.25, -0.2) is 27.8 Å². The molecule has 2 aliphatic heterocycles. The highest BCUT2D eigenvalue weighted by Gasteiger charge is 2.33. The van der Waals surface area contributed by atoms with Gasteiger partial charge < -0.3 is 15.5 Å². The Morgan fingerprint density at radius 2 is 1.82 bits per heavy atom. The normalized spacial score (nSPS) is 15.8. The van der Waals surface area contributed by atoms with E-state index in [1.54, 1.807) is 6.07 Å². The molecule has 0 radical (unpaired) electrons. The summed E-state index contributed by atoms with van der Waals surface area (Å²) < 4.78 is 26.6. The van der Waals surface area contributed by atoms with Crippen molar-refractivity contribution < 1.29 is 22.8 Å². The average Bonchev–Trinajstić information content (AvgIpc) is 3.57. The van der Waals surface area contributed by atoms with Gasteiger partial charge in [0, 0.05) is 24.3 Å². The number of sulfonamides is 1. The Labute approximate surface area is 234 Å². The lowest BCUT2D eigenvalue weighted by Crippen LogP contribution is -2.43. The lowest BCUT2D eigenvalue weighted by molar-refractivity contribution is -0.117. The van der Waals surface area contributed by atoms with E-state index < -0.39 is 27.9 Å². The number of urea groups is 1. The van der Waals surface area contributed by atoms with Gasteiger partial charge in [0.1, 0.15) is 10.0 Å². The highest BCUT2D eigenvalue weighted by Crippen LogP contribution is 2.28. The Bertz CT molecular complexity index is 1520. The maximum Gasteiger partial charge on any atom is 0.333 e. The molecular weight excluding hydrogens is 564 g/mol. The van der Waals surface area contributed by atoms with Crippen LogP contribution in [0.2, 0.25) is 4.34 Å². The van der Waals surface area contributed by atoms with Gasteiger partial charge in [-0.1, -0.05) is 11.6 Å². The molecule has 1 aromatic carbocycles. The van der Waals surface area contributed by atoms with Crippen molar-refractivity contribution in [1.82, 2.24) is 14.6 Å². The molecule has 5 rings (SSSR count). The molecule has 4 heterocycles. The number of imide groups is 1. The van der Waals surface area contributed by atoms with Crippen LogP contribution in [0, 0.1) is 0 Å². The van der Waals surface area contributed by atoms with Gasteiger partial charge >= 0.3 is 6.03 Å². The number of thiophene rings is 1. The molecule has 0 aliphatic carbocycles. The van der Waals surface area contributed by atoms with Crippen molar-refractivity contribution in [3.05, 3.63) is 64.1 Å². The quantitative estimate of drug-likeness (QED) is 0.339. The van der Waals surface area contributed by atoms with Crippen LogP contribution in [-0.4, -0.2) is 62.3 Å². The summed E-state index contributed by atoms with van der Waals surface area (Å²) in [5.74, 6) is -0.819. The highest BCUT2D eigenvalue weighted by molar-refractivity contribution is 7.92. The Morgan fingerprint density at radius 1 is 1.05 bits per heavy atom. The van der Waals surface area contributed by atoms with Crippen LogP contribution in [0.5, 0.6) is 0 Å². The van der Waals surface area contributed by atoms with E-state index in [0.717, 1.165) is 48.1 Å². The lowest BCUT2D eigenvalue weighted by Gasteiger charge is -2.26. The summed E-state index contributed by atoms with van der Waals surface area (Å²) in [5.41, 5.74) is 2.09. The van der Waals surface area contributed by atoms with Gasteiger partial charge in [0.2, 0.25) is 5.91 Å². The molecule has 0 saturated carbocycles. The fraction of sp³-hybridized carbons (Fsp3) is 0.280. The fourth-order valence-corrected chi connectivity index (χ4v) is 6.88. The van der Waals surface area contributed by atoms with Crippen molar-refractivity contribution in [3.63, 3.8) is 0 Å². The third kappa shape index (κ3) is 6.22. The number of carbonyl (C=O) groups is 3. The van der Waals surface area contributed by atoms with Crippen LogP contribution in [0.1, 0.15) is 28.8 Å². The summed E-state index contributed by atoms with van der Waals surface area (Å²) in [7, 11) is -4.09. The molecular formula is C25H25ClN6O5S2. The number of rotatable bonds is 8. The molecule has 1 fully saturated rings. The van der Waals surface area contributed by atoms with Crippen molar-refractivity contribution in [2.75, 3.05) is 41.7 Å². The summed E-state index contributed by atoms with van der Waals surface area (Å²) in [5, 5.41) is 5.73. The third-order valence-electron chi connectivity index (χ3n) is 6.36. The number of hydrogen-bond acceptors (Lipinski definition) is 9. The zero-order valence-corrected chi connectivity index (χ0v) is 23.0. The first-order valence-corrected chi connectivity index (χ1v) is 14.9. The van der Waals surface area contributed by atoms with Crippen molar-refractivity contribution in [2.45, 2.75) is 23.5 Å². The molecule has 3 N–H and O–H groups in total. The largest absolute Gasteiger partial charge is 0.384 e. The molecule has 2 aliphatic rings. The molecule has 0 atom stereocenters. The summed E-state index contributed by atoms with van der Waals surface area (Å²) in [6.07, 6.45) is 3.74. The van der Waals surface area contributed by atoms with E-state index >= 15 is 0 Å².